The van der Waals surface area contributed by atoms with Crippen LogP contribution in [0.25, 0.3) is 0 Å². The summed E-state index contributed by atoms with van der Waals surface area (Å²) >= 11 is 0. The van der Waals surface area contributed by atoms with Crippen LogP contribution in [-0.2, 0) is 4.74 Å². The van der Waals surface area contributed by atoms with Crippen molar-refractivity contribution in [3.05, 3.63) is 30.2 Å². The lowest BCUT2D eigenvalue weighted by Gasteiger charge is -2.07. The molecule has 0 aliphatic carbocycles. The second-order valence-electron chi connectivity index (χ2n) is 4.68. The minimum Gasteiger partial charge on any atom is -0.462 e. The first-order valence-corrected chi connectivity index (χ1v) is 6.66. The number of ether oxygens (including phenoxy) is 2. The van der Waals surface area contributed by atoms with E-state index in [1.165, 1.54) is 12.3 Å². The zero-order chi connectivity index (χ0) is 15.4. The Morgan fingerprint density at radius 2 is 2.19 bits per heavy atom. The lowest BCUT2D eigenvalue weighted by atomic mass is 10.2. The van der Waals surface area contributed by atoms with Crippen molar-refractivity contribution >= 4 is 11.7 Å². The average Bonchev–Trinajstić information content (AvgIpc) is 2.90. The van der Waals surface area contributed by atoms with Gasteiger partial charge in [-0.1, -0.05) is 0 Å². The molecule has 0 aliphatic rings. The Morgan fingerprint density at radius 3 is 2.81 bits per heavy atom. The van der Waals surface area contributed by atoms with E-state index in [0.29, 0.717) is 5.75 Å². The second-order valence-corrected chi connectivity index (χ2v) is 4.68. The lowest BCUT2D eigenvalue weighted by Crippen LogP contribution is -2.08. The Kier molecular flexibility index (Phi) is 4.42. The second kappa shape index (κ2) is 6.25. The fourth-order valence-corrected chi connectivity index (χ4v) is 1.66. The maximum Gasteiger partial charge on any atom is 0.340 e. The van der Waals surface area contributed by atoms with Gasteiger partial charge in [-0.25, -0.2) is 9.78 Å². The fraction of sp³-hybridized carbons (Fsp3) is 0.357. The molecule has 2 aromatic heterocycles. The number of aromatic nitrogens is 3. The van der Waals surface area contributed by atoms with Gasteiger partial charge in [-0.05, 0) is 20.8 Å². The van der Waals surface area contributed by atoms with Crippen LogP contribution in [0, 0.1) is 0 Å². The third-order valence-electron chi connectivity index (χ3n) is 2.73. The van der Waals surface area contributed by atoms with Gasteiger partial charge in [0.2, 0.25) is 5.88 Å². The molecule has 0 spiro atoms. The van der Waals surface area contributed by atoms with Crippen LogP contribution in [-0.4, -0.2) is 27.3 Å². The largest absolute Gasteiger partial charge is 0.462 e. The lowest BCUT2D eigenvalue weighted by molar-refractivity contribution is 0.0527. The molecule has 0 fully saturated rings. The minimum atomic E-state index is -0.500. The van der Waals surface area contributed by atoms with Gasteiger partial charge in [-0.3, -0.25) is 4.68 Å². The summed E-state index contributed by atoms with van der Waals surface area (Å²) in [6.45, 7) is 6.03. The smallest absolute Gasteiger partial charge is 0.340 e. The van der Waals surface area contributed by atoms with Crippen molar-refractivity contribution in [2.45, 2.75) is 26.8 Å². The quantitative estimate of drug-likeness (QED) is 0.850. The van der Waals surface area contributed by atoms with Crippen molar-refractivity contribution in [2.75, 3.05) is 12.3 Å². The molecule has 2 heterocycles. The summed E-state index contributed by atoms with van der Waals surface area (Å²) in [5.41, 5.74) is 6.21. The van der Waals surface area contributed by atoms with Crippen LogP contribution in [0.3, 0.4) is 0 Å². The van der Waals surface area contributed by atoms with Crippen LogP contribution in [0.2, 0.25) is 0 Å². The number of hydrogen-bond acceptors (Lipinski definition) is 6. The number of carbonyl (C=O) groups excluding carboxylic acids is 1. The molecule has 0 unspecified atom stereocenters. The maximum atomic E-state index is 11.8. The zero-order valence-corrected chi connectivity index (χ0v) is 12.2. The van der Waals surface area contributed by atoms with Gasteiger partial charge in [0.25, 0.3) is 0 Å². The van der Waals surface area contributed by atoms with Gasteiger partial charge in [0.05, 0.1) is 36.4 Å². The molecule has 112 valence electrons. The van der Waals surface area contributed by atoms with Gasteiger partial charge >= 0.3 is 5.97 Å². The first-order valence-electron chi connectivity index (χ1n) is 6.66. The number of nitrogen functional groups attached to an aromatic ring is 1. The number of hydrogen-bond donors (Lipinski definition) is 1. The van der Waals surface area contributed by atoms with Crippen LogP contribution < -0.4 is 10.5 Å². The number of rotatable bonds is 5. The average molecular weight is 290 g/mol. The van der Waals surface area contributed by atoms with E-state index < -0.39 is 5.97 Å². The van der Waals surface area contributed by atoms with E-state index in [-0.39, 0.29) is 29.8 Å². The van der Waals surface area contributed by atoms with E-state index in [4.69, 9.17) is 15.2 Å². The number of nitrogens with zero attached hydrogens (tertiary/aromatic N) is 3. The van der Waals surface area contributed by atoms with E-state index in [1.54, 1.807) is 24.0 Å². The third-order valence-corrected chi connectivity index (χ3v) is 2.73. The Hall–Kier alpha value is -2.57. The van der Waals surface area contributed by atoms with E-state index in [1.807, 2.05) is 13.8 Å². The normalized spacial score (nSPS) is 10.7. The summed E-state index contributed by atoms with van der Waals surface area (Å²) in [5, 5.41) is 4.16. The molecule has 0 aromatic carbocycles. The highest BCUT2D eigenvalue weighted by Crippen LogP contribution is 2.23. The van der Waals surface area contributed by atoms with E-state index in [2.05, 4.69) is 10.1 Å². The summed E-state index contributed by atoms with van der Waals surface area (Å²) in [6, 6.07) is 1.69. The number of anilines is 1. The number of carbonyl (C=O) groups is 1. The standard InChI is InChI=1S/C14H18N4O3/c1-4-20-14(19)11-5-13(16-7-12(11)15)21-10-6-17-18(8-10)9(2)3/h5-9H,4,15H2,1-3H3. The van der Waals surface area contributed by atoms with E-state index in [9.17, 15) is 4.79 Å². The van der Waals surface area contributed by atoms with Crippen LogP contribution in [0.4, 0.5) is 5.69 Å². The molecule has 2 rings (SSSR count). The Bertz CT molecular complexity index is 637. The Labute approximate surface area is 122 Å². The van der Waals surface area contributed by atoms with Crippen LogP contribution in [0.1, 0.15) is 37.2 Å². The fourth-order valence-electron chi connectivity index (χ4n) is 1.66. The molecule has 0 aliphatic heterocycles. The van der Waals surface area contributed by atoms with Gasteiger partial charge in [0.15, 0.2) is 5.75 Å². The summed E-state index contributed by atoms with van der Waals surface area (Å²) in [6.07, 6.45) is 4.71. The first-order chi connectivity index (χ1) is 10.0. The molecule has 0 saturated carbocycles. The summed E-state index contributed by atoms with van der Waals surface area (Å²) in [5.74, 6) is 0.298. The summed E-state index contributed by atoms with van der Waals surface area (Å²) in [4.78, 5) is 15.8. The van der Waals surface area contributed by atoms with Crippen LogP contribution >= 0.6 is 0 Å². The van der Waals surface area contributed by atoms with Crippen molar-refractivity contribution in [1.29, 1.82) is 0 Å². The van der Waals surface area contributed by atoms with Crippen LogP contribution in [0.15, 0.2) is 24.7 Å². The monoisotopic (exact) mass is 290 g/mol. The molecule has 0 saturated heterocycles. The summed E-state index contributed by atoms with van der Waals surface area (Å²) in [7, 11) is 0. The van der Waals surface area contributed by atoms with Crippen molar-refractivity contribution < 1.29 is 14.3 Å². The highest BCUT2D eigenvalue weighted by Gasteiger charge is 2.14. The molecule has 0 atom stereocenters. The third kappa shape index (κ3) is 3.50. The maximum absolute atomic E-state index is 11.8. The van der Waals surface area contributed by atoms with E-state index >= 15 is 0 Å². The zero-order valence-electron chi connectivity index (χ0n) is 12.2. The number of pyridine rings is 1. The predicted octanol–water partition coefficient (Wildman–Crippen LogP) is 2.41. The van der Waals surface area contributed by atoms with Crippen molar-refractivity contribution in [1.82, 2.24) is 14.8 Å². The molecule has 2 aromatic rings. The topological polar surface area (TPSA) is 92.3 Å². The molecular weight excluding hydrogens is 272 g/mol. The molecule has 21 heavy (non-hydrogen) atoms. The van der Waals surface area contributed by atoms with Crippen LogP contribution in [0.5, 0.6) is 11.6 Å². The molecular formula is C14H18N4O3. The molecule has 7 nitrogen and oxygen atoms in total. The SMILES string of the molecule is CCOC(=O)c1cc(Oc2cnn(C(C)C)c2)ncc1N. The predicted molar refractivity (Wildman–Crippen MR) is 77.3 cm³/mol. The van der Waals surface area contributed by atoms with Gasteiger partial charge < -0.3 is 15.2 Å². The molecule has 0 bridgehead atoms. The number of nitrogens with two attached hydrogens (primary N) is 1. The Morgan fingerprint density at radius 1 is 1.43 bits per heavy atom. The van der Waals surface area contributed by atoms with Crippen molar-refractivity contribution in [3.8, 4) is 11.6 Å². The highest BCUT2D eigenvalue weighted by atomic mass is 16.5. The molecule has 0 radical (unpaired) electrons. The first kappa shape index (κ1) is 14.8. The molecule has 7 heteroatoms. The van der Waals surface area contributed by atoms with Gasteiger partial charge in [0.1, 0.15) is 0 Å². The molecule has 2 N–H and O–H groups in total. The highest BCUT2D eigenvalue weighted by molar-refractivity contribution is 5.95. The Balaban J connectivity index is 2.20. The van der Waals surface area contributed by atoms with Gasteiger partial charge in [-0.2, -0.15) is 5.10 Å². The van der Waals surface area contributed by atoms with Gasteiger partial charge in [0, 0.05) is 12.1 Å². The van der Waals surface area contributed by atoms with Gasteiger partial charge in [-0.15, -0.1) is 0 Å². The summed E-state index contributed by atoms with van der Waals surface area (Å²) < 4.78 is 12.3. The van der Waals surface area contributed by atoms with E-state index in [0.717, 1.165) is 0 Å². The molecule has 0 amide bonds. The minimum absolute atomic E-state index is 0.233. The van der Waals surface area contributed by atoms with Crippen molar-refractivity contribution in [3.63, 3.8) is 0 Å². The number of esters is 1. The van der Waals surface area contributed by atoms with Crippen molar-refractivity contribution in [2.24, 2.45) is 0 Å².